The van der Waals surface area contributed by atoms with Gasteiger partial charge in [-0.3, -0.25) is 28.9 Å². The number of nitrogens with two attached hydrogens (primary N) is 1. The molecule has 1 heterocycles. The average molecular weight is 581 g/mol. The minimum Gasteiger partial charge on any atom is -0.506 e. The summed E-state index contributed by atoms with van der Waals surface area (Å²) in [5.74, 6) is -9.84. The number of nitrogens with zero attached hydrogens (tertiary/aromatic N) is 3. The van der Waals surface area contributed by atoms with Crippen molar-refractivity contribution in [1.29, 1.82) is 0 Å². The number of hydrogen-bond donors (Lipinski definition) is 3. The van der Waals surface area contributed by atoms with Crippen molar-refractivity contribution >= 4 is 34.7 Å². The SMILES string of the molecule is CN(C)Cc1ccc(-c2cc(N(C)C)c3c(c2O)C(=O)C2C(=O)[C@@]4(O)C(=O)C(C(N)=O)C(=O)C(N(C)C)[C@H]4C[C@H]2C3)o1. The molecule has 42 heavy (non-hydrogen) atoms. The van der Waals surface area contributed by atoms with E-state index < -0.39 is 64.4 Å². The number of benzene rings is 1. The molecule has 1 aromatic heterocycles. The van der Waals surface area contributed by atoms with Crippen LogP contribution in [0, 0.1) is 23.7 Å². The highest BCUT2D eigenvalue weighted by Gasteiger charge is 2.69. The number of rotatable bonds is 6. The topological polar surface area (TPSA) is 175 Å². The molecule has 224 valence electrons. The molecule has 0 saturated heterocycles. The summed E-state index contributed by atoms with van der Waals surface area (Å²) in [6.07, 6.45) is 0.169. The Hall–Kier alpha value is -3.87. The molecule has 2 aromatic rings. The Balaban J connectivity index is 1.65. The molecule has 0 aliphatic heterocycles. The number of Topliss-reactive ketones (excluding diaryl/α,β-unsaturated/α-hetero) is 4. The number of aromatic hydroxyl groups is 1. The van der Waals surface area contributed by atoms with Gasteiger partial charge in [0.05, 0.1) is 29.6 Å². The number of primary amides is 1. The maximum absolute atomic E-state index is 14.2. The van der Waals surface area contributed by atoms with Gasteiger partial charge >= 0.3 is 0 Å². The molecule has 1 aromatic carbocycles. The van der Waals surface area contributed by atoms with E-state index in [4.69, 9.17) is 10.2 Å². The Morgan fingerprint density at radius 1 is 1.07 bits per heavy atom. The Morgan fingerprint density at radius 3 is 2.31 bits per heavy atom. The average Bonchev–Trinajstić information content (AvgIpc) is 3.33. The zero-order valence-corrected chi connectivity index (χ0v) is 24.5. The van der Waals surface area contributed by atoms with Crippen LogP contribution in [0.3, 0.4) is 0 Å². The maximum Gasteiger partial charge on any atom is 0.235 e. The van der Waals surface area contributed by atoms with E-state index in [0.29, 0.717) is 29.3 Å². The van der Waals surface area contributed by atoms with E-state index in [1.165, 1.54) is 4.90 Å². The third kappa shape index (κ3) is 4.19. The van der Waals surface area contributed by atoms with E-state index in [9.17, 15) is 34.2 Å². The number of phenolic OH excluding ortho intramolecular Hbond substituents is 1. The monoisotopic (exact) mass is 580 g/mol. The van der Waals surface area contributed by atoms with Gasteiger partial charge in [0.15, 0.2) is 34.7 Å². The number of aliphatic hydroxyl groups is 1. The van der Waals surface area contributed by atoms with Crippen LogP contribution in [0.25, 0.3) is 11.3 Å². The van der Waals surface area contributed by atoms with Gasteiger partial charge in [0.2, 0.25) is 5.91 Å². The minimum atomic E-state index is -2.77. The summed E-state index contributed by atoms with van der Waals surface area (Å²) >= 11 is 0. The molecule has 0 spiro atoms. The molecule has 3 unspecified atom stereocenters. The van der Waals surface area contributed by atoms with Crippen LogP contribution in [0.1, 0.15) is 28.1 Å². The molecule has 6 atom stereocenters. The van der Waals surface area contributed by atoms with Crippen LogP contribution in [0.4, 0.5) is 5.69 Å². The lowest BCUT2D eigenvalue weighted by Gasteiger charge is -2.52. The molecule has 3 aliphatic carbocycles. The van der Waals surface area contributed by atoms with Gasteiger partial charge in [-0.05, 0) is 70.7 Å². The number of likely N-dealkylation sites (N-methyl/N-ethyl adjacent to an activating group) is 1. The zero-order chi connectivity index (χ0) is 31.0. The van der Waals surface area contributed by atoms with Crippen molar-refractivity contribution in [2.75, 3.05) is 47.2 Å². The second-order valence-corrected chi connectivity index (χ2v) is 12.3. The highest BCUT2D eigenvalue weighted by atomic mass is 16.3. The van der Waals surface area contributed by atoms with Gasteiger partial charge in [0, 0.05) is 25.7 Å². The first-order chi connectivity index (χ1) is 19.6. The van der Waals surface area contributed by atoms with E-state index in [0.717, 1.165) is 0 Å². The van der Waals surface area contributed by atoms with Crippen LogP contribution in [0.5, 0.6) is 5.75 Å². The molecule has 12 nitrogen and oxygen atoms in total. The van der Waals surface area contributed by atoms with Crippen LogP contribution in [-0.2, 0) is 32.1 Å². The van der Waals surface area contributed by atoms with Crippen molar-refractivity contribution in [3.8, 4) is 17.1 Å². The maximum atomic E-state index is 14.2. The molecule has 5 rings (SSSR count). The lowest BCUT2D eigenvalue weighted by molar-refractivity contribution is -0.181. The van der Waals surface area contributed by atoms with E-state index in [2.05, 4.69) is 0 Å². The predicted molar refractivity (Wildman–Crippen MR) is 151 cm³/mol. The lowest BCUT2D eigenvalue weighted by atomic mass is 9.52. The van der Waals surface area contributed by atoms with Crippen molar-refractivity contribution in [3.63, 3.8) is 0 Å². The van der Waals surface area contributed by atoms with Crippen molar-refractivity contribution < 1.29 is 38.6 Å². The lowest BCUT2D eigenvalue weighted by Crippen LogP contribution is -2.74. The highest BCUT2D eigenvalue weighted by molar-refractivity contribution is 6.32. The summed E-state index contributed by atoms with van der Waals surface area (Å²) in [5.41, 5.74) is 3.96. The van der Waals surface area contributed by atoms with Crippen LogP contribution in [0.15, 0.2) is 22.6 Å². The number of phenols is 1. The fraction of sp³-hybridized carbons (Fsp3) is 0.500. The third-order valence-electron chi connectivity index (χ3n) is 8.92. The molecule has 3 aliphatic rings. The van der Waals surface area contributed by atoms with E-state index >= 15 is 0 Å². The first-order valence-electron chi connectivity index (χ1n) is 13.8. The quantitative estimate of drug-likeness (QED) is 0.400. The van der Waals surface area contributed by atoms with E-state index in [1.54, 1.807) is 51.3 Å². The molecule has 4 N–H and O–H groups in total. The Labute approximate surface area is 243 Å². The van der Waals surface area contributed by atoms with Gasteiger partial charge in [0.1, 0.15) is 17.3 Å². The molecular formula is C30H36N4O8. The smallest absolute Gasteiger partial charge is 0.235 e. The largest absolute Gasteiger partial charge is 0.506 e. The van der Waals surface area contributed by atoms with Gasteiger partial charge in [-0.1, -0.05) is 0 Å². The van der Waals surface area contributed by atoms with Crippen molar-refractivity contribution in [2.24, 2.45) is 29.4 Å². The van der Waals surface area contributed by atoms with Gasteiger partial charge < -0.3 is 30.2 Å². The number of amides is 1. The normalized spacial score (nSPS) is 29.0. The fourth-order valence-corrected chi connectivity index (χ4v) is 7.16. The molecule has 12 heteroatoms. The molecule has 1 amide bonds. The number of carbonyl (C=O) groups is 5. The first-order valence-corrected chi connectivity index (χ1v) is 13.8. The summed E-state index contributed by atoms with van der Waals surface area (Å²) in [5, 5.41) is 23.3. The van der Waals surface area contributed by atoms with Crippen LogP contribution < -0.4 is 10.6 Å². The standard InChI is InChI=1S/C30H36N4O8/c1-32(2)12-14-7-8-19(42-14)16-11-18(33(3)4)15-9-13-10-17-23(34(5)6)26(37)22(29(31)40)28(39)30(17,41)27(38)20(13)25(36)21(15)24(16)35/h7-8,11,13,17,20,22-23,35,41H,9-10,12H2,1-6H3,(H2,31,40)/t13-,17-,20?,22?,23?,30-/m1/s1. The van der Waals surface area contributed by atoms with Gasteiger partial charge in [-0.25, -0.2) is 0 Å². The molecule has 2 fully saturated rings. The Bertz CT molecular complexity index is 1530. The third-order valence-corrected chi connectivity index (χ3v) is 8.92. The van der Waals surface area contributed by atoms with Crippen LogP contribution in [0.2, 0.25) is 0 Å². The predicted octanol–water partition coefficient (Wildman–Crippen LogP) is 0.255. The van der Waals surface area contributed by atoms with Gasteiger partial charge in [-0.15, -0.1) is 0 Å². The summed E-state index contributed by atoms with van der Waals surface area (Å²) in [7, 11) is 10.5. The number of fused-ring (bicyclic) bond motifs is 3. The fourth-order valence-electron chi connectivity index (χ4n) is 7.16. The van der Waals surface area contributed by atoms with Crippen molar-refractivity contribution in [3.05, 3.63) is 35.1 Å². The Morgan fingerprint density at radius 2 is 1.74 bits per heavy atom. The van der Waals surface area contributed by atoms with Gasteiger partial charge in [-0.2, -0.15) is 0 Å². The zero-order valence-electron chi connectivity index (χ0n) is 24.5. The number of ketones is 4. The number of anilines is 1. The second-order valence-electron chi connectivity index (χ2n) is 12.3. The van der Waals surface area contributed by atoms with Crippen LogP contribution >= 0.6 is 0 Å². The summed E-state index contributed by atoms with van der Waals surface area (Å²) in [4.78, 5) is 72.4. The molecule has 0 radical (unpaired) electrons. The summed E-state index contributed by atoms with van der Waals surface area (Å²) in [6.45, 7) is 0.514. The number of carbonyl (C=O) groups excluding carboxylic acids is 5. The first kappa shape index (κ1) is 29.6. The van der Waals surface area contributed by atoms with Crippen LogP contribution in [-0.4, -0.2) is 103 Å². The molecule has 0 bridgehead atoms. The van der Waals surface area contributed by atoms with E-state index in [1.807, 2.05) is 19.0 Å². The molecule has 2 saturated carbocycles. The van der Waals surface area contributed by atoms with Crippen molar-refractivity contribution in [2.45, 2.75) is 31.0 Å². The van der Waals surface area contributed by atoms with Gasteiger partial charge in [0.25, 0.3) is 0 Å². The minimum absolute atomic E-state index is 0.00857. The molecular weight excluding hydrogens is 544 g/mol. The Kier molecular flexibility index (Phi) is 7.15. The van der Waals surface area contributed by atoms with Crippen molar-refractivity contribution in [1.82, 2.24) is 9.80 Å². The highest BCUT2D eigenvalue weighted by Crippen LogP contribution is 2.53. The number of furan rings is 1. The number of hydrogen-bond acceptors (Lipinski definition) is 11. The second kappa shape index (κ2) is 10.1. The van der Waals surface area contributed by atoms with E-state index in [-0.39, 0.29) is 29.7 Å². The summed E-state index contributed by atoms with van der Waals surface area (Å²) in [6, 6.07) is 4.05. The summed E-state index contributed by atoms with van der Waals surface area (Å²) < 4.78 is 5.97.